The monoisotopic (exact) mass is 392 g/mol. The molecule has 3 N–H and O–H groups in total. The van der Waals surface area contributed by atoms with E-state index in [0.717, 1.165) is 0 Å². The summed E-state index contributed by atoms with van der Waals surface area (Å²) in [7, 11) is 1.50. The number of fused-ring (bicyclic) bond motifs is 1. The van der Waals surface area contributed by atoms with E-state index in [0.29, 0.717) is 10.9 Å². The summed E-state index contributed by atoms with van der Waals surface area (Å²) >= 11 is 0. The van der Waals surface area contributed by atoms with E-state index in [4.69, 9.17) is 10.2 Å². The first-order valence-electron chi connectivity index (χ1n) is 8.53. The van der Waals surface area contributed by atoms with Crippen LogP contribution in [0.3, 0.4) is 0 Å². The lowest BCUT2D eigenvalue weighted by atomic mass is 9.97. The molecule has 0 saturated carbocycles. The highest BCUT2D eigenvalue weighted by Gasteiger charge is 2.20. The Kier molecular flexibility index (Phi) is 5.60. The van der Waals surface area contributed by atoms with Crippen LogP contribution in [0.5, 0.6) is 5.75 Å². The lowest BCUT2D eigenvalue weighted by Gasteiger charge is -2.19. The maximum absolute atomic E-state index is 14.4. The van der Waals surface area contributed by atoms with Gasteiger partial charge in [0.25, 0.3) is 6.43 Å². The van der Waals surface area contributed by atoms with Crippen molar-refractivity contribution in [3.05, 3.63) is 69.3 Å². The Morgan fingerprint density at radius 2 is 1.96 bits per heavy atom. The van der Waals surface area contributed by atoms with Crippen molar-refractivity contribution in [1.82, 2.24) is 4.90 Å². The lowest BCUT2D eigenvalue weighted by Crippen LogP contribution is -2.26. The fourth-order valence-electron chi connectivity index (χ4n) is 3.15. The third kappa shape index (κ3) is 4.12. The predicted octanol–water partition coefficient (Wildman–Crippen LogP) is 3.51. The molecule has 1 aromatic heterocycles. The lowest BCUT2D eigenvalue weighted by molar-refractivity contribution is 0.0975. The molecule has 1 heterocycles. The Labute approximate surface area is 158 Å². The van der Waals surface area contributed by atoms with Crippen LogP contribution in [0.4, 0.5) is 18.9 Å². The summed E-state index contributed by atoms with van der Waals surface area (Å²) in [6.45, 7) is -0.470. The van der Waals surface area contributed by atoms with Crippen LogP contribution in [0.2, 0.25) is 0 Å². The van der Waals surface area contributed by atoms with Gasteiger partial charge in [0.1, 0.15) is 17.1 Å². The van der Waals surface area contributed by atoms with Gasteiger partial charge in [-0.05, 0) is 36.4 Å². The van der Waals surface area contributed by atoms with Gasteiger partial charge in [-0.2, -0.15) is 0 Å². The first-order chi connectivity index (χ1) is 13.3. The molecule has 3 aromatic rings. The number of alkyl halides is 2. The SMILES string of the molecule is CN(Cc1c(Cc2cccc(N)c2F)c(=O)oc2cc(O)ccc12)CC(F)F. The number of nitrogens with two attached hydrogens (primary N) is 1. The largest absolute Gasteiger partial charge is 0.508 e. The molecule has 0 aliphatic carbocycles. The molecule has 3 rings (SSSR count). The third-order valence-electron chi connectivity index (χ3n) is 4.46. The minimum atomic E-state index is -2.55. The topological polar surface area (TPSA) is 79.7 Å². The smallest absolute Gasteiger partial charge is 0.340 e. The summed E-state index contributed by atoms with van der Waals surface area (Å²) in [5.41, 5.74) is 5.75. The molecule has 28 heavy (non-hydrogen) atoms. The molecule has 0 amide bonds. The van der Waals surface area contributed by atoms with E-state index >= 15 is 0 Å². The molecule has 0 spiro atoms. The summed E-state index contributed by atoms with van der Waals surface area (Å²) in [6.07, 6.45) is -2.65. The standard InChI is InChI=1S/C20H19F3N2O3/c1-25(10-18(21)22)9-15-13-6-5-12(26)8-17(13)28-20(27)14(15)7-11-3-2-4-16(24)19(11)23/h2-6,8,18,26H,7,9-10,24H2,1H3. The second-order valence-electron chi connectivity index (χ2n) is 6.61. The highest BCUT2D eigenvalue weighted by atomic mass is 19.3. The number of halogens is 3. The van der Waals surface area contributed by atoms with Gasteiger partial charge in [0, 0.05) is 30.0 Å². The zero-order chi connectivity index (χ0) is 20.4. The molecule has 8 heteroatoms. The third-order valence-corrected chi connectivity index (χ3v) is 4.46. The molecule has 0 unspecified atom stereocenters. The number of nitrogens with zero attached hydrogens (tertiary/aromatic N) is 1. The van der Waals surface area contributed by atoms with Gasteiger partial charge in [0.15, 0.2) is 0 Å². The van der Waals surface area contributed by atoms with Crippen molar-refractivity contribution in [2.45, 2.75) is 19.4 Å². The Morgan fingerprint density at radius 3 is 2.68 bits per heavy atom. The van der Waals surface area contributed by atoms with Crippen LogP contribution >= 0.6 is 0 Å². The minimum Gasteiger partial charge on any atom is -0.508 e. The molecular weight excluding hydrogens is 373 g/mol. The number of hydrogen-bond donors (Lipinski definition) is 2. The van der Waals surface area contributed by atoms with Crippen molar-refractivity contribution in [3.8, 4) is 5.75 Å². The average molecular weight is 392 g/mol. The van der Waals surface area contributed by atoms with E-state index in [9.17, 15) is 23.1 Å². The van der Waals surface area contributed by atoms with Gasteiger partial charge < -0.3 is 15.3 Å². The molecule has 0 aliphatic heterocycles. The summed E-state index contributed by atoms with van der Waals surface area (Å²) in [4.78, 5) is 14.0. The van der Waals surface area contributed by atoms with E-state index in [1.807, 2.05) is 0 Å². The summed E-state index contributed by atoms with van der Waals surface area (Å²) in [5, 5.41) is 10.1. The molecule has 0 radical (unpaired) electrons. The maximum atomic E-state index is 14.4. The van der Waals surface area contributed by atoms with Crippen molar-refractivity contribution in [3.63, 3.8) is 0 Å². The Balaban J connectivity index is 2.15. The second-order valence-corrected chi connectivity index (χ2v) is 6.61. The number of nitrogen functional groups attached to an aromatic ring is 1. The van der Waals surface area contributed by atoms with Crippen molar-refractivity contribution in [2.24, 2.45) is 0 Å². The van der Waals surface area contributed by atoms with Gasteiger partial charge in [0.2, 0.25) is 0 Å². The Morgan fingerprint density at radius 1 is 1.21 bits per heavy atom. The number of phenols is 1. The molecule has 148 valence electrons. The molecular formula is C20H19F3N2O3. The van der Waals surface area contributed by atoms with Gasteiger partial charge in [-0.3, -0.25) is 4.90 Å². The molecule has 0 saturated heterocycles. The van der Waals surface area contributed by atoms with Crippen molar-refractivity contribution in [1.29, 1.82) is 0 Å². The molecule has 0 atom stereocenters. The van der Waals surface area contributed by atoms with Gasteiger partial charge in [-0.25, -0.2) is 18.0 Å². The van der Waals surface area contributed by atoms with Crippen LogP contribution in [0.15, 0.2) is 45.6 Å². The van der Waals surface area contributed by atoms with Crippen molar-refractivity contribution < 1.29 is 22.7 Å². The van der Waals surface area contributed by atoms with Crippen LogP contribution in [-0.4, -0.2) is 30.0 Å². The number of anilines is 1. The van der Waals surface area contributed by atoms with Crippen LogP contribution in [0.1, 0.15) is 16.7 Å². The van der Waals surface area contributed by atoms with E-state index < -0.39 is 24.4 Å². The number of aromatic hydroxyl groups is 1. The second kappa shape index (κ2) is 7.93. The quantitative estimate of drug-likeness (QED) is 0.496. The van der Waals surface area contributed by atoms with Crippen LogP contribution in [0.25, 0.3) is 11.0 Å². The number of phenolic OH excluding ortho intramolecular Hbond substituents is 1. The zero-order valence-corrected chi connectivity index (χ0v) is 15.1. The molecule has 0 fully saturated rings. The predicted molar refractivity (Wildman–Crippen MR) is 100 cm³/mol. The molecule has 0 aliphatic rings. The first-order valence-corrected chi connectivity index (χ1v) is 8.53. The van der Waals surface area contributed by atoms with Crippen molar-refractivity contribution in [2.75, 3.05) is 19.3 Å². The molecule has 0 bridgehead atoms. The van der Waals surface area contributed by atoms with Gasteiger partial charge >= 0.3 is 5.63 Å². The highest BCUT2D eigenvalue weighted by molar-refractivity contribution is 5.82. The zero-order valence-electron chi connectivity index (χ0n) is 15.1. The number of hydrogen-bond acceptors (Lipinski definition) is 5. The van der Waals surface area contributed by atoms with Crippen LogP contribution < -0.4 is 11.4 Å². The van der Waals surface area contributed by atoms with E-state index in [2.05, 4.69) is 0 Å². The first kappa shape index (κ1) is 19.8. The van der Waals surface area contributed by atoms with E-state index in [1.165, 1.54) is 36.2 Å². The summed E-state index contributed by atoms with van der Waals surface area (Å²) in [6, 6.07) is 8.69. The van der Waals surface area contributed by atoms with E-state index in [1.54, 1.807) is 12.1 Å². The number of benzene rings is 2. The fourth-order valence-corrected chi connectivity index (χ4v) is 3.15. The molecule has 2 aromatic carbocycles. The number of rotatable bonds is 6. The van der Waals surface area contributed by atoms with Crippen LogP contribution in [-0.2, 0) is 13.0 Å². The summed E-state index contributed by atoms with van der Waals surface area (Å²) in [5.74, 6) is -0.739. The maximum Gasteiger partial charge on any atom is 0.340 e. The average Bonchev–Trinajstić information content (AvgIpc) is 2.60. The van der Waals surface area contributed by atoms with Gasteiger partial charge in [-0.15, -0.1) is 0 Å². The Bertz CT molecular complexity index is 1070. The Hall–Kier alpha value is -3.00. The molecule has 5 nitrogen and oxygen atoms in total. The van der Waals surface area contributed by atoms with Crippen LogP contribution in [0, 0.1) is 5.82 Å². The van der Waals surface area contributed by atoms with E-state index in [-0.39, 0.29) is 41.1 Å². The minimum absolute atomic E-state index is 0.0243. The highest BCUT2D eigenvalue weighted by Crippen LogP contribution is 2.27. The van der Waals surface area contributed by atoms with Gasteiger partial charge in [-0.1, -0.05) is 12.1 Å². The fraction of sp³-hybridized carbons (Fsp3) is 0.250. The van der Waals surface area contributed by atoms with Gasteiger partial charge in [0.05, 0.1) is 12.2 Å². The summed E-state index contributed by atoms with van der Waals surface area (Å²) < 4.78 is 45.2. The van der Waals surface area contributed by atoms with Crippen molar-refractivity contribution >= 4 is 16.7 Å². The normalized spacial score (nSPS) is 11.6.